The summed E-state index contributed by atoms with van der Waals surface area (Å²) in [5, 5.41) is 9.64. The van der Waals surface area contributed by atoms with Crippen molar-refractivity contribution < 1.29 is 4.74 Å². The molecule has 0 fully saturated rings. The maximum Gasteiger partial charge on any atom is 0.120 e. The van der Waals surface area contributed by atoms with Gasteiger partial charge in [0.05, 0.1) is 11.6 Å². The maximum absolute atomic E-state index is 8.85. The van der Waals surface area contributed by atoms with Gasteiger partial charge < -0.3 is 4.74 Å². The van der Waals surface area contributed by atoms with Crippen LogP contribution in [0.3, 0.4) is 0 Å². The summed E-state index contributed by atoms with van der Waals surface area (Å²) in [4.78, 5) is 0. The van der Waals surface area contributed by atoms with E-state index in [1.165, 1.54) is 0 Å². The minimum Gasteiger partial charge on any atom is -0.489 e. The van der Waals surface area contributed by atoms with Crippen molar-refractivity contribution in [2.45, 2.75) is 27.4 Å². The van der Waals surface area contributed by atoms with Gasteiger partial charge in [0.15, 0.2) is 0 Å². The highest BCUT2D eigenvalue weighted by Gasteiger charge is 2.05. The molecule has 102 valence electrons. The fraction of sp³-hybridized carbons (Fsp3) is 0.235. The van der Waals surface area contributed by atoms with E-state index in [9.17, 15) is 0 Å². The smallest absolute Gasteiger partial charge is 0.120 e. The number of halogens is 1. The molecule has 2 aromatic rings. The average Bonchev–Trinajstić information content (AvgIpc) is 2.43. The molecule has 0 heterocycles. The topological polar surface area (TPSA) is 33.0 Å². The van der Waals surface area contributed by atoms with Crippen LogP contribution in [-0.2, 0) is 6.61 Å². The molecule has 0 radical (unpaired) electrons. The van der Waals surface area contributed by atoms with Crippen LogP contribution in [-0.4, -0.2) is 0 Å². The van der Waals surface area contributed by atoms with E-state index < -0.39 is 0 Å². The van der Waals surface area contributed by atoms with Crippen molar-refractivity contribution in [3.05, 3.63) is 63.2 Å². The maximum atomic E-state index is 8.85. The van der Waals surface area contributed by atoms with E-state index in [1.54, 1.807) is 0 Å². The third-order valence-corrected chi connectivity index (χ3v) is 3.87. The number of hydrogen-bond acceptors (Lipinski definition) is 2. The lowest BCUT2D eigenvalue weighted by molar-refractivity contribution is 0.305. The molecule has 0 atom stereocenters. The zero-order valence-electron chi connectivity index (χ0n) is 11.8. The molecule has 0 aliphatic carbocycles. The SMILES string of the molecule is Cc1cc(C#N)ccc1COc1cc(C)c(Cl)c(C)c1. The lowest BCUT2D eigenvalue weighted by atomic mass is 10.1. The molecule has 0 aliphatic rings. The van der Waals surface area contributed by atoms with Crippen molar-refractivity contribution in [1.29, 1.82) is 5.26 Å². The van der Waals surface area contributed by atoms with Gasteiger partial charge in [0.1, 0.15) is 12.4 Å². The minimum absolute atomic E-state index is 0.484. The molecule has 0 bridgehead atoms. The van der Waals surface area contributed by atoms with E-state index in [4.69, 9.17) is 21.6 Å². The molecular formula is C17H16ClNO. The lowest BCUT2D eigenvalue weighted by Crippen LogP contribution is -1.99. The van der Waals surface area contributed by atoms with Crippen LogP contribution >= 0.6 is 11.6 Å². The fourth-order valence-electron chi connectivity index (χ4n) is 2.08. The third-order valence-electron chi connectivity index (χ3n) is 3.28. The summed E-state index contributed by atoms with van der Waals surface area (Å²) < 4.78 is 5.82. The molecular weight excluding hydrogens is 270 g/mol. The normalized spacial score (nSPS) is 10.2. The number of hydrogen-bond donors (Lipinski definition) is 0. The molecule has 2 rings (SSSR count). The van der Waals surface area contributed by atoms with Crippen LogP contribution in [0.15, 0.2) is 30.3 Å². The molecule has 2 nitrogen and oxygen atoms in total. The van der Waals surface area contributed by atoms with Crippen LogP contribution in [0.5, 0.6) is 5.75 Å². The first-order valence-corrected chi connectivity index (χ1v) is 6.78. The Morgan fingerprint density at radius 2 is 1.70 bits per heavy atom. The van der Waals surface area contributed by atoms with E-state index in [2.05, 4.69) is 6.07 Å². The zero-order chi connectivity index (χ0) is 14.7. The predicted octanol–water partition coefficient (Wildman–Crippen LogP) is 4.72. The number of ether oxygens (including phenoxy) is 1. The van der Waals surface area contributed by atoms with Crippen molar-refractivity contribution in [1.82, 2.24) is 0 Å². The predicted molar refractivity (Wildman–Crippen MR) is 81.2 cm³/mol. The lowest BCUT2D eigenvalue weighted by Gasteiger charge is -2.11. The van der Waals surface area contributed by atoms with Crippen molar-refractivity contribution >= 4 is 11.6 Å². The zero-order valence-corrected chi connectivity index (χ0v) is 12.6. The standard InChI is InChI=1S/C17H16ClNO/c1-11-6-14(9-19)4-5-15(11)10-20-16-7-12(2)17(18)13(3)8-16/h4-8H,10H2,1-3H3. The second kappa shape index (κ2) is 5.98. The summed E-state index contributed by atoms with van der Waals surface area (Å²) in [6.07, 6.45) is 0. The third kappa shape index (κ3) is 3.12. The molecule has 20 heavy (non-hydrogen) atoms. The number of benzene rings is 2. The van der Waals surface area contributed by atoms with Crippen LogP contribution in [0.2, 0.25) is 5.02 Å². The van der Waals surface area contributed by atoms with Crippen LogP contribution in [0, 0.1) is 32.1 Å². The highest BCUT2D eigenvalue weighted by atomic mass is 35.5. The van der Waals surface area contributed by atoms with Crippen molar-refractivity contribution in [2.24, 2.45) is 0 Å². The first-order valence-electron chi connectivity index (χ1n) is 6.40. The largest absolute Gasteiger partial charge is 0.489 e. The highest BCUT2D eigenvalue weighted by Crippen LogP contribution is 2.26. The van der Waals surface area contributed by atoms with E-state index in [1.807, 2.05) is 51.1 Å². The van der Waals surface area contributed by atoms with E-state index in [0.29, 0.717) is 12.2 Å². The van der Waals surface area contributed by atoms with Gasteiger partial charge in [-0.05, 0) is 67.3 Å². The van der Waals surface area contributed by atoms with Gasteiger partial charge in [-0.25, -0.2) is 0 Å². The van der Waals surface area contributed by atoms with E-state index in [-0.39, 0.29) is 0 Å². The average molecular weight is 286 g/mol. The van der Waals surface area contributed by atoms with Crippen LogP contribution in [0.25, 0.3) is 0 Å². The Labute approximate surface area is 124 Å². The summed E-state index contributed by atoms with van der Waals surface area (Å²) in [5.41, 5.74) is 4.83. The van der Waals surface area contributed by atoms with Gasteiger partial charge in [0, 0.05) is 5.02 Å². The molecule has 0 amide bonds. The van der Waals surface area contributed by atoms with E-state index >= 15 is 0 Å². The van der Waals surface area contributed by atoms with Gasteiger partial charge in [-0.15, -0.1) is 0 Å². The monoisotopic (exact) mass is 285 g/mol. The Hall–Kier alpha value is -1.98. The molecule has 0 unspecified atom stereocenters. The summed E-state index contributed by atoms with van der Waals surface area (Å²) in [6.45, 7) is 6.40. The molecule has 0 saturated carbocycles. The van der Waals surface area contributed by atoms with Gasteiger partial charge in [0.25, 0.3) is 0 Å². The second-order valence-corrected chi connectivity index (χ2v) is 5.29. The second-order valence-electron chi connectivity index (χ2n) is 4.91. The number of rotatable bonds is 3. The highest BCUT2D eigenvalue weighted by molar-refractivity contribution is 6.32. The Balaban J connectivity index is 2.15. The van der Waals surface area contributed by atoms with E-state index in [0.717, 1.165) is 33.0 Å². The first kappa shape index (κ1) is 14.4. The molecule has 0 aliphatic heterocycles. The first-order chi connectivity index (χ1) is 9.51. The van der Waals surface area contributed by atoms with Crippen molar-refractivity contribution in [3.63, 3.8) is 0 Å². The van der Waals surface area contributed by atoms with Gasteiger partial charge in [-0.2, -0.15) is 5.26 Å². The number of nitriles is 1. The molecule has 0 spiro atoms. The number of aryl methyl sites for hydroxylation is 3. The van der Waals surface area contributed by atoms with Gasteiger partial charge in [0.2, 0.25) is 0 Å². The Kier molecular flexibility index (Phi) is 4.32. The van der Waals surface area contributed by atoms with Crippen LogP contribution in [0.1, 0.15) is 27.8 Å². The molecule has 2 aromatic carbocycles. The van der Waals surface area contributed by atoms with Gasteiger partial charge >= 0.3 is 0 Å². The minimum atomic E-state index is 0.484. The van der Waals surface area contributed by atoms with Gasteiger partial charge in [-0.3, -0.25) is 0 Å². The Morgan fingerprint density at radius 3 is 2.25 bits per heavy atom. The molecule has 0 aromatic heterocycles. The molecule has 0 saturated heterocycles. The van der Waals surface area contributed by atoms with Crippen molar-refractivity contribution in [2.75, 3.05) is 0 Å². The Morgan fingerprint density at radius 1 is 1.05 bits per heavy atom. The number of nitrogens with zero attached hydrogens (tertiary/aromatic N) is 1. The van der Waals surface area contributed by atoms with Crippen molar-refractivity contribution in [3.8, 4) is 11.8 Å². The molecule has 3 heteroatoms. The summed E-state index contributed by atoms with van der Waals surface area (Å²) in [7, 11) is 0. The van der Waals surface area contributed by atoms with Gasteiger partial charge in [-0.1, -0.05) is 17.7 Å². The molecule has 0 N–H and O–H groups in total. The quantitative estimate of drug-likeness (QED) is 0.818. The summed E-state index contributed by atoms with van der Waals surface area (Å²) in [6, 6.07) is 11.6. The Bertz CT molecular complexity index is 663. The van der Waals surface area contributed by atoms with Crippen LogP contribution < -0.4 is 4.74 Å². The summed E-state index contributed by atoms with van der Waals surface area (Å²) in [5.74, 6) is 0.813. The van der Waals surface area contributed by atoms with Crippen LogP contribution in [0.4, 0.5) is 0 Å². The summed E-state index contributed by atoms with van der Waals surface area (Å²) >= 11 is 6.14. The fourth-order valence-corrected chi connectivity index (χ4v) is 2.19.